The Morgan fingerprint density at radius 1 is 1.03 bits per heavy atom. The standard InChI is InChI=1S/C23H17ClN2O2S/c24-18-9-5-4-8-17(18)14-25-22(27)16-10-11-20-19(13-16)26-23(28)21(29-20)12-15-6-2-1-3-7-15/h1-13H,14H2,(H,25,27)(H,26,28). The van der Waals surface area contributed by atoms with Crippen molar-refractivity contribution in [3.8, 4) is 0 Å². The predicted octanol–water partition coefficient (Wildman–Crippen LogP) is 5.36. The highest BCUT2D eigenvalue weighted by Gasteiger charge is 2.22. The van der Waals surface area contributed by atoms with Crippen molar-refractivity contribution >= 4 is 46.9 Å². The summed E-state index contributed by atoms with van der Waals surface area (Å²) in [5.41, 5.74) is 2.92. The Labute approximate surface area is 178 Å². The Kier molecular flexibility index (Phi) is 5.69. The summed E-state index contributed by atoms with van der Waals surface area (Å²) >= 11 is 7.52. The Morgan fingerprint density at radius 2 is 1.79 bits per heavy atom. The number of hydrogen-bond donors (Lipinski definition) is 2. The van der Waals surface area contributed by atoms with Crippen molar-refractivity contribution in [1.29, 1.82) is 0 Å². The van der Waals surface area contributed by atoms with Crippen LogP contribution >= 0.6 is 23.4 Å². The number of hydrogen-bond acceptors (Lipinski definition) is 3. The maximum Gasteiger partial charge on any atom is 0.262 e. The third kappa shape index (κ3) is 4.53. The van der Waals surface area contributed by atoms with Gasteiger partial charge in [-0.25, -0.2) is 0 Å². The molecule has 0 atom stereocenters. The van der Waals surface area contributed by atoms with Crippen LogP contribution in [0.5, 0.6) is 0 Å². The van der Waals surface area contributed by atoms with E-state index >= 15 is 0 Å². The monoisotopic (exact) mass is 420 g/mol. The molecule has 1 aliphatic rings. The first-order valence-electron chi connectivity index (χ1n) is 9.02. The molecule has 29 heavy (non-hydrogen) atoms. The summed E-state index contributed by atoms with van der Waals surface area (Å²) in [6, 6.07) is 22.4. The van der Waals surface area contributed by atoms with Crippen LogP contribution in [-0.4, -0.2) is 11.8 Å². The third-order valence-electron chi connectivity index (χ3n) is 4.43. The van der Waals surface area contributed by atoms with E-state index in [1.54, 1.807) is 18.2 Å². The van der Waals surface area contributed by atoms with Gasteiger partial charge in [0.05, 0.1) is 10.6 Å². The highest BCUT2D eigenvalue weighted by molar-refractivity contribution is 8.04. The van der Waals surface area contributed by atoms with E-state index in [4.69, 9.17) is 11.6 Å². The van der Waals surface area contributed by atoms with Gasteiger partial charge in [0.2, 0.25) is 0 Å². The number of carbonyl (C=O) groups excluding carboxylic acids is 2. The van der Waals surface area contributed by atoms with Crippen LogP contribution < -0.4 is 10.6 Å². The van der Waals surface area contributed by atoms with Gasteiger partial charge >= 0.3 is 0 Å². The first-order valence-corrected chi connectivity index (χ1v) is 10.2. The molecule has 0 unspecified atom stereocenters. The Bertz CT molecular complexity index is 1110. The van der Waals surface area contributed by atoms with Crippen molar-refractivity contribution in [3.63, 3.8) is 0 Å². The van der Waals surface area contributed by atoms with Gasteiger partial charge in [0.15, 0.2) is 0 Å². The Hall–Kier alpha value is -3.02. The Balaban J connectivity index is 1.49. The topological polar surface area (TPSA) is 58.2 Å². The molecule has 144 valence electrons. The van der Waals surface area contributed by atoms with Gasteiger partial charge in [-0.2, -0.15) is 0 Å². The largest absolute Gasteiger partial charge is 0.348 e. The van der Waals surface area contributed by atoms with Crippen LogP contribution in [0.25, 0.3) is 6.08 Å². The van der Waals surface area contributed by atoms with Crippen molar-refractivity contribution in [2.24, 2.45) is 0 Å². The lowest BCUT2D eigenvalue weighted by Gasteiger charge is -2.19. The highest BCUT2D eigenvalue weighted by atomic mass is 35.5. The van der Waals surface area contributed by atoms with Crippen LogP contribution in [0.2, 0.25) is 5.02 Å². The van der Waals surface area contributed by atoms with Gasteiger partial charge in [-0.05, 0) is 41.5 Å². The molecule has 1 heterocycles. The zero-order chi connectivity index (χ0) is 20.2. The lowest BCUT2D eigenvalue weighted by Crippen LogP contribution is -2.24. The molecule has 0 radical (unpaired) electrons. The molecular formula is C23H17ClN2O2S. The van der Waals surface area contributed by atoms with Crippen LogP contribution in [0.3, 0.4) is 0 Å². The van der Waals surface area contributed by atoms with E-state index in [0.29, 0.717) is 27.7 Å². The molecule has 0 aliphatic carbocycles. The minimum Gasteiger partial charge on any atom is -0.348 e. The zero-order valence-electron chi connectivity index (χ0n) is 15.3. The van der Waals surface area contributed by atoms with Crippen LogP contribution in [-0.2, 0) is 11.3 Å². The lowest BCUT2D eigenvalue weighted by atomic mass is 10.1. The second-order valence-corrected chi connectivity index (χ2v) is 7.95. The molecule has 0 aromatic heterocycles. The predicted molar refractivity (Wildman–Crippen MR) is 118 cm³/mol. The SMILES string of the molecule is O=C1Nc2cc(C(=O)NCc3ccccc3Cl)ccc2SC1=Cc1ccccc1. The summed E-state index contributed by atoms with van der Waals surface area (Å²) in [5.74, 6) is -0.405. The summed E-state index contributed by atoms with van der Waals surface area (Å²) in [6.07, 6.45) is 1.85. The minimum atomic E-state index is -0.224. The maximum absolute atomic E-state index is 12.5. The van der Waals surface area contributed by atoms with Crippen molar-refractivity contribution < 1.29 is 9.59 Å². The molecule has 0 fully saturated rings. The number of halogens is 1. The molecule has 4 nitrogen and oxygen atoms in total. The van der Waals surface area contributed by atoms with Crippen LogP contribution in [0.15, 0.2) is 82.6 Å². The molecule has 2 amide bonds. The fourth-order valence-corrected chi connectivity index (χ4v) is 4.06. The molecule has 4 rings (SSSR count). The summed E-state index contributed by atoms with van der Waals surface area (Å²) in [4.78, 5) is 26.5. The van der Waals surface area contributed by atoms with E-state index in [-0.39, 0.29) is 11.8 Å². The molecule has 2 N–H and O–H groups in total. The number of anilines is 1. The normalized spacial score (nSPS) is 14.2. The first-order chi connectivity index (χ1) is 14.1. The molecule has 3 aromatic rings. The molecule has 0 saturated heterocycles. The number of fused-ring (bicyclic) bond motifs is 1. The number of nitrogens with one attached hydrogen (secondary N) is 2. The second-order valence-electron chi connectivity index (χ2n) is 6.46. The summed E-state index contributed by atoms with van der Waals surface area (Å²) < 4.78 is 0. The highest BCUT2D eigenvalue weighted by Crippen LogP contribution is 2.39. The van der Waals surface area contributed by atoms with E-state index in [1.807, 2.05) is 60.7 Å². The number of carbonyl (C=O) groups is 2. The molecule has 3 aromatic carbocycles. The number of benzene rings is 3. The van der Waals surface area contributed by atoms with Crippen molar-refractivity contribution in [1.82, 2.24) is 5.32 Å². The molecule has 0 bridgehead atoms. The smallest absolute Gasteiger partial charge is 0.262 e. The number of amides is 2. The first kappa shape index (κ1) is 19.3. The molecule has 0 spiro atoms. The van der Waals surface area contributed by atoms with Crippen molar-refractivity contribution in [3.05, 3.63) is 99.4 Å². The van der Waals surface area contributed by atoms with Gasteiger partial charge in [-0.1, -0.05) is 71.9 Å². The number of rotatable bonds is 4. The summed E-state index contributed by atoms with van der Waals surface area (Å²) in [5, 5.41) is 6.35. The summed E-state index contributed by atoms with van der Waals surface area (Å²) in [6.45, 7) is 0.334. The average Bonchev–Trinajstić information content (AvgIpc) is 2.74. The number of thioether (sulfide) groups is 1. The van der Waals surface area contributed by atoms with Crippen molar-refractivity contribution in [2.75, 3.05) is 5.32 Å². The van der Waals surface area contributed by atoms with Crippen molar-refractivity contribution in [2.45, 2.75) is 11.4 Å². The fourth-order valence-electron chi connectivity index (χ4n) is 2.92. The lowest BCUT2D eigenvalue weighted by molar-refractivity contribution is -0.112. The molecule has 0 saturated carbocycles. The van der Waals surface area contributed by atoms with Gasteiger partial charge in [0.1, 0.15) is 0 Å². The molecule has 1 aliphatic heterocycles. The fraction of sp³-hybridized carbons (Fsp3) is 0.0435. The maximum atomic E-state index is 12.5. The average molecular weight is 421 g/mol. The summed E-state index contributed by atoms with van der Waals surface area (Å²) in [7, 11) is 0. The third-order valence-corrected chi connectivity index (χ3v) is 5.90. The van der Waals surface area contributed by atoms with Crippen LogP contribution in [0.4, 0.5) is 5.69 Å². The Morgan fingerprint density at radius 3 is 2.59 bits per heavy atom. The molecule has 6 heteroatoms. The van der Waals surface area contributed by atoms with Gasteiger partial charge in [0.25, 0.3) is 11.8 Å². The quantitative estimate of drug-likeness (QED) is 0.559. The van der Waals surface area contributed by atoms with E-state index in [0.717, 1.165) is 16.0 Å². The van der Waals surface area contributed by atoms with E-state index in [1.165, 1.54) is 11.8 Å². The van der Waals surface area contributed by atoms with E-state index in [2.05, 4.69) is 10.6 Å². The van der Waals surface area contributed by atoms with Gasteiger partial charge in [-0.3, -0.25) is 9.59 Å². The van der Waals surface area contributed by atoms with Gasteiger partial charge in [-0.15, -0.1) is 0 Å². The molecular weight excluding hydrogens is 404 g/mol. The van der Waals surface area contributed by atoms with Gasteiger partial charge in [0, 0.05) is 22.0 Å². The second kappa shape index (κ2) is 8.55. The van der Waals surface area contributed by atoms with Crippen LogP contribution in [0, 0.1) is 0 Å². The van der Waals surface area contributed by atoms with Crippen LogP contribution in [0.1, 0.15) is 21.5 Å². The van der Waals surface area contributed by atoms with E-state index < -0.39 is 0 Å². The van der Waals surface area contributed by atoms with E-state index in [9.17, 15) is 9.59 Å². The minimum absolute atomic E-state index is 0.181. The van der Waals surface area contributed by atoms with Gasteiger partial charge < -0.3 is 10.6 Å². The zero-order valence-corrected chi connectivity index (χ0v) is 16.9.